The number of pyridine rings is 1. The largest absolute Gasteiger partial charge is 0.453 e. The van der Waals surface area contributed by atoms with E-state index in [1.165, 1.54) is 28.7 Å². The molecule has 1 fully saturated rings. The van der Waals surface area contributed by atoms with E-state index in [4.69, 9.17) is 9.72 Å². The number of carbonyl (C=O) groups is 3. The molecule has 1 aliphatic heterocycles. The highest BCUT2D eigenvalue weighted by molar-refractivity contribution is 5.96. The average molecular weight is 637 g/mol. The van der Waals surface area contributed by atoms with Gasteiger partial charge in [0.25, 0.3) is 5.56 Å². The number of nitrogens with one attached hydrogen (secondary N) is 2. The maximum atomic E-state index is 13.7. The Kier molecular flexibility index (Phi) is 11.3. The third kappa shape index (κ3) is 8.77. The minimum absolute atomic E-state index is 0.0312. The molecule has 0 aliphatic carbocycles. The van der Waals surface area contributed by atoms with Crippen LogP contribution in [0.2, 0.25) is 0 Å². The third-order valence-electron chi connectivity index (χ3n) is 7.47. The molecule has 4 rings (SSSR count). The molecule has 0 spiro atoms. The molecule has 0 aromatic carbocycles. The topological polar surface area (TPSA) is 163 Å². The number of hydrogen-bond donors (Lipinski definition) is 2. The average Bonchev–Trinajstić information content (AvgIpc) is 3.38. The number of amides is 3. The van der Waals surface area contributed by atoms with Crippen molar-refractivity contribution in [1.29, 1.82) is 0 Å². The first-order valence-corrected chi connectivity index (χ1v) is 15.4. The molecule has 46 heavy (non-hydrogen) atoms. The second-order valence-electron chi connectivity index (χ2n) is 12.7. The molecular weight excluding hydrogens is 592 g/mol. The molecule has 0 bridgehead atoms. The number of allylic oxidation sites excluding steroid dienone is 1. The summed E-state index contributed by atoms with van der Waals surface area (Å²) in [7, 11) is 4.46. The highest BCUT2D eigenvalue weighted by atomic mass is 16.5. The predicted octanol–water partition coefficient (Wildman–Crippen LogP) is 3.41. The summed E-state index contributed by atoms with van der Waals surface area (Å²) in [6.45, 7) is 7.12. The predicted molar refractivity (Wildman–Crippen MR) is 172 cm³/mol. The van der Waals surface area contributed by atoms with Crippen molar-refractivity contribution in [3.63, 3.8) is 0 Å². The number of anilines is 1. The van der Waals surface area contributed by atoms with Gasteiger partial charge in [-0.05, 0) is 62.1 Å². The molecule has 248 valence electrons. The molecule has 3 amide bonds. The summed E-state index contributed by atoms with van der Waals surface area (Å²) in [6.07, 6.45) is 9.05. The van der Waals surface area contributed by atoms with Crippen LogP contribution >= 0.6 is 0 Å². The zero-order valence-electron chi connectivity index (χ0n) is 27.4. The van der Waals surface area contributed by atoms with Gasteiger partial charge < -0.3 is 29.6 Å². The zero-order valence-corrected chi connectivity index (χ0v) is 27.4. The lowest BCUT2D eigenvalue weighted by atomic mass is 9.90. The Labute approximate surface area is 268 Å². The lowest BCUT2D eigenvalue weighted by Gasteiger charge is -2.25. The fourth-order valence-corrected chi connectivity index (χ4v) is 5.17. The summed E-state index contributed by atoms with van der Waals surface area (Å²) in [4.78, 5) is 66.2. The minimum atomic E-state index is -1.02. The maximum Gasteiger partial charge on any atom is 0.407 e. The van der Waals surface area contributed by atoms with E-state index in [0.717, 1.165) is 25.0 Å². The van der Waals surface area contributed by atoms with Crippen molar-refractivity contribution in [3.05, 3.63) is 58.7 Å². The van der Waals surface area contributed by atoms with Crippen molar-refractivity contribution < 1.29 is 23.9 Å². The lowest BCUT2D eigenvalue weighted by molar-refractivity contribution is -0.123. The number of nitrogens with zero attached hydrogens (tertiary/aromatic N) is 6. The van der Waals surface area contributed by atoms with Gasteiger partial charge in [0.15, 0.2) is 5.65 Å². The van der Waals surface area contributed by atoms with Crippen LogP contribution in [0.4, 0.5) is 10.5 Å². The fraction of sp³-hybridized carbons (Fsp3) is 0.531. The monoisotopic (exact) mass is 636 g/mol. The first-order chi connectivity index (χ1) is 21.9. The molecule has 3 aromatic heterocycles. The van der Waals surface area contributed by atoms with Gasteiger partial charge >= 0.3 is 6.09 Å². The van der Waals surface area contributed by atoms with Crippen molar-refractivity contribution in [2.45, 2.75) is 78.1 Å². The summed E-state index contributed by atoms with van der Waals surface area (Å²) >= 11 is 0. The Hall–Kier alpha value is -4.59. The van der Waals surface area contributed by atoms with E-state index in [0.29, 0.717) is 36.4 Å². The highest BCUT2D eigenvalue weighted by Gasteiger charge is 2.27. The maximum absolute atomic E-state index is 13.7. The number of likely N-dealkylation sites (N-methyl/N-ethyl adjacent to an activating group) is 1. The standard InChI is InChI=1S/C32H44N8O6/c1-32(2,3)18-23-27-28(34-20-33-23)40(26-15-9-10-17-46-26)24(37-27)19-39-16-11-13-22(30(39)43)35-29(42)21(36-31(44)45-6)12-7-8-14-25(41)38(4)5/h8,11,13-14,16,20-21,26H,7,9-10,12,15,17-19H2,1-6H3,(H,35,42)(H,36,44)/b14-8+/t21-,26?/m0/s1. The smallest absolute Gasteiger partial charge is 0.407 e. The van der Waals surface area contributed by atoms with Crippen LogP contribution in [0.15, 0.2) is 41.6 Å². The number of ether oxygens (including phenoxy) is 2. The molecular formula is C32H44N8O6. The number of methoxy groups -OCH3 is 1. The Bertz CT molecular complexity index is 1630. The molecule has 4 heterocycles. The van der Waals surface area contributed by atoms with Crippen LogP contribution in [0.25, 0.3) is 11.2 Å². The van der Waals surface area contributed by atoms with Crippen molar-refractivity contribution in [2.75, 3.05) is 33.1 Å². The third-order valence-corrected chi connectivity index (χ3v) is 7.47. The summed E-state index contributed by atoms with van der Waals surface area (Å²) in [6, 6.07) is 2.14. The van der Waals surface area contributed by atoms with Crippen molar-refractivity contribution in [1.82, 2.24) is 34.3 Å². The normalized spacial score (nSPS) is 15.9. The molecule has 3 aromatic rings. The van der Waals surface area contributed by atoms with Gasteiger partial charge in [0.1, 0.15) is 35.6 Å². The van der Waals surface area contributed by atoms with E-state index < -0.39 is 23.6 Å². The Morgan fingerprint density at radius 3 is 2.67 bits per heavy atom. The number of rotatable bonds is 11. The number of aromatic nitrogens is 5. The molecule has 14 heteroatoms. The molecule has 2 N–H and O–H groups in total. The first-order valence-electron chi connectivity index (χ1n) is 15.4. The zero-order chi connectivity index (χ0) is 33.4. The summed E-state index contributed by atoms with van der Waals surface area (Å²) < 4.78 is 14.2. The van der Waals surface area contributed by atoms with E-state index in [1.54, 1.807) is 38.8 Å². The second kappa shape index (κ2) is 15.1. The van der Waals surface area contributed by atoms with Gasteiger partial charge in [0, 0.05) is 26.9 Å². The van der Waals surface area contributed by atoms with Gasteiger partial charge in [-0.15, -0.1) is 0 Å². The molecule has 1 saturated heterocycles. The quantitative estimate of drug-likeness (QED) is 0.300. The van der Waals surface area contributed by atoms with Gasteiger partial charge in [0.2, 0.25) is 11.8 Å². The molecule has 2 atom stereocenters. The Morgan fingerprint density at radius 1 is 1.22 bits per heavy atom. The van der Waals surface area contributed by atoms with Crippen LogP contribution in [0.3, 0.4) is 0 Å². The van der Waals surface area contributed by atoms with Gasteiger partial charge in [0.05, 0.1) is 19.3 Å². The Morgan fingerprint density at radius 2 is 2.00 bits per heavy atom. The number of fused-ring (bicyclic) bond motifs is 1. The van der Waals surface area contributed by atoms with Gasteiger partial charge in [-0.25, -0.2) is 19.7 Å². The van der Waals surface area contributed by atoms with Crippen LogP contribution in [-0.2, 0) is 32.0 Å². The van der Waals surface area contributed by atoms with Gasteiger partial charge in [-0.1, -0.05) is 26.8 Å². The van der Waals surface area contributed by atoms with E-state index in [1.807, 2.05) is 4.57 Å². The molecule has 0 radical (unpaired) electrons. The molecule has 1 aliphatic rings. The van der Waals surface area contributed by atoms with Crippen molar-refractivity contribution in [2.24, 2.45) is 5.41 Å². The summed E-state index contributed by atoms with van der Waals surface area (Å²) in [5.41, 5.74) is 1.72. The van der Waals surface area contributed by atoms with E-state index in [2.05, 4.69) is 46.1 Å². The first kappa shape index (κ1) is 34.3. The minimum Gasteiger partial charge on any atom is -0.453 e. The van der Waals surface area contributed by atoms with Crippen LogP contribution in [0.1, 0.15) is 70.6 Å². The van der Waals surface area contributed by atoms with Crippen molar-refractivity contribution >= 4 is 34.8 Å². The lowest BCUT2D eigenvalue weighted by Crippen LogP contribution is -2.44. The molecule has 0 saturated carbocycles. The van der Waals surface area contributed by atoms with E-state index in [9.17, 15) is 19.2 Å². The van der Waals surface area contributed by atoms with Crippen molar-refractivity contribution in [3.8, 4) is 0 Å². The molecule has 1 unspecified atom stereocenters. The Balaban J connectivity index is 1.61. The van der Waals surface area contributed by atoms with Crippen LogP contribution < -0.4 is 16.2 Å². The molecule has 14 nitrogen and oxygen atoms in total. The van der Waals surface area contributed by atoms with Crippen LogP contribution in [-0.4, -0.2) is 80.7 Å². The SMILES string of the molecule is COC(=O)N[C@@H](CC/C=C/C(=O)N(C)C)C(=O)Nc1cccn(Cc2nc3c(CC(C)(C)C)ncnc3n2C2CCCCO2)c1=O. The fourth-order valence-electron chi connectivity index (χ4n) is 5.17. The highest BCUT2D eigenvalue weighted by Crippen LogP contribution is 2.30. The summed E-state index contributed by atoms with van der Waals surface area (Å²) in [5.74, 6) is -0.210. The second-order valence-corrected chi connectivity index (χ2v) is 12.7. The van der Waals surface area contributed by atoms with E-state index >= 15 is 0 Å². The number of alkyl carbamates (subject to hydrolysis) is 1. The van der Waals surface area contributed by atoms with Crippen LogP contribution in [0, 0.1) is 5.41 Å². The number of hydrogen-bond acceptors (Lipinski definition) is 9. The van der Waals surface area contributed by atoms with Gasteiger partial charge in [-0.3, -0.25) is 19.0 Å². The van der Waals surface area contributed by atoms with Crippen LogP contribution in [0.5, 0.6) is 0 Å². The summed E-state index contributed by atoms with van der Waals surface area (Å²) in [5, 5.41) is 5.16. The number of carbonyl (C=O) groups excluding carboxylic acids is 3. The van der Waals surface area contributed by atoms with E-state index in [-0.39, 0.29) is 36.2 Å². The van der Waals surface area contributed by atoms with Gasteiger partial charge in [-0.2, -0.15) is 0 Å². The number of imidazole rings is 1.